The molecule has 0 aliphatic carbocycles. The number of allylic oxidation sites excluding steroid dienone is 1. The molecule has 3 aromatic carbocycles. The summed E-state index contributed by atoms with van der Waals surface area (Å²) in [5.74, 6) is -0.318. The molecule has 1 heterocycles. The van der Waals surface area contributed by atoms with Crippen LogP contribution in [0.25, 0.3) is 6.08 Å². The summed E-state index contributed by atoms with van der Waals surface area (Å²) in [5, 5.41) is 0. The van der Waals surface area contributed by atoms with Crippen LogP contribution < -0.4 is 18.9 Å². The molecule has 0 radical (unpaired) electrons. The average Bonchev–Trinajstić information content (AvgIpc) is 3.11. The van der Waals surface area contributed by atoms with Gasteiger partial charge < -0.3 is 18.9 Å². The number of halogens is 1. The van der Waals surface area contributed by atoms with E-state index in [9.17, 15) is 14.0 Å². The first-order valence-electron chi connectivity index (χ1n) is 9.70. The molecular weight excluding hydrogens is 415 g/mol. The maximum Gasteiger partial charge on any atom is 0.346 e. The highest BCUT2D eigenvalue weighted by molar-refractivity contribution is 6.15. The molecule has 3 aromatic rings. The van der Waals surface area contributed by atoms with Crippen molar-refractivity contribution in [1.29, 1.82) is 0 Å². The van der Waals surface area contributed by atoms with E-state index in [1.807, 2.05) is 0 Å². The van der Waals surface area contributed by atoms with Crippen molar-refractivity contribution in [1.82, 2.24) is 0 Å². The van der Waals surface area contributed by atoms with Gasteiger partial charge in [-0.05, 0) is 43.3 Å². The Labute approximate surface area is 183 Å². The number of esters is 1. The monoisotopic (exact) mass is 434 g/mol. The van der Waals surface area contributed by atoms with Gasteiger partial charge in [-0.3, -0.25) is 4.79 Å². The van der Waals surface area contributed by atoms with Crippen molar-refractivity contribution in [3.05, 3.63) is 88.4 Å². The van der Waals surface area contributed by atoms with Crippen molar-refractivity contribution in [2.75, 3.05) is 14.2 Å². The van der Waals surface area contributed by atoms with E-state index < -0.39 is 11.8 Å². The molecule has 1 aliphatic rings. The van der Waals surface area contributed by atoms with Crippen molar-refractivity contribution in [3.63, 3.8) is 0 Å². The van der Waals surface area contributed by atoms with Gasteiger partial charge in [-0.15, -0.1) is 0 Å². The van der Waals surface area contributed by atoms with Gasteiger partial charge in [-0.25, -0.2) is 9.18 Å². The number of para-hydroxylation sites is 1. The first-order valence-corrected chi connectivity index (χ1v) is 9.70. The van der Waals surface area contributed by atoms with E-state index >= 15 is 0 Å². The molecule has 4 rings (SSSR count). The number of carbonyl (C=O) groups excluding carboxylic acids is 2. The van der Waals surface area contributed by atoms with Gasteiger partial charge in [0.1, 0.15) is 17.3 Å². The first kappa shape index (κ1) is 21.1. The van der Waals surface area contributed by atoms with Gasteiger partial charge in [0.25, 0.3) is 0 Å². The molecule has 0 spiro atoms. The van der Waals surface area contributed by atoms with E-state index in [0.29, 0.717) is 28.2 Å². The number of ketones is 1. The Hall–Kier alpha value is -4.13. The highest BCUT2D eigenvalue weighted by Crippen LogP contribution is 2.40. The molecule has 7 heteroatoms. The number of hydrogen-bond donors (Lipinski definition) is 0. The Kier molecular flexibility index (Phi) is 5.64. The second-order valence-corrected chi connectivity index (χ2v) is 6.96. The lowest BCUT2D eigenvalue weighted by molar-refractivity contribution is 0.0728. The maximum atomic E-state index is 13.9. The Morgan fingerprint density at radius 2 is 1.75 bits per heavy atom. The maximum absolute atomic E-state index is 13.9. The Morgan fingerprint density at radius 3 is 2.47 bits per heavy atom. The van der Waals surface area contributed by atoms with E-state index in [1.54, 1.807) is 37.3 Å². The van der Waals surface area contributed by atoms with E-state index in [0.717, 1.165) is 0 Å². The predicted molar refractivity (Wildman–Crippen MR) is 115 cm³/mol. The standard InChI is InChI=1S/C25H19FO6/c1-14-19(32-25(28)16-8-4-5-9-18(16)26)12-11-17-22(27)21(31-23(14)17)13-15-7-6-10-20(29-2)24(15)30-3/h4-13H,1-3H3/b21-13-. The van der Waals surface area contributed by atoms with Crippen LogP contribution in [0.2, 0.25) is 0 Å². The zero-order valence-electron chi connectivity index (χ0n) is 17.6. The SMILES string of the molecule is COc1cccc(/C=C2\Oc3c(ccc(OC(=O)c4ccccc4F)c3C)C2=O)c1OC. The van der Waals surface area contributed by atoms with Gasteiger partial charge in [0.15, 0.2) is 17.3 Å². The van der Waals surface area contributed by atoms with Crippen LogP contribution in [-0.4, -0.2) is 26.0 Å². The normalized spacial score (nSPS) is 13.5. The third-order valence-corrected chi connectivity index (χ3v) is 5.05. The molecule has 6 nitrogen and oxygen atoms in total. The smallest absolute Gasteiger partial charge is 0.346 e. The van der Waals surface area contributed by atoms with Crippen LogP contribution in [0, 0.1) is 12.7 Å². The second kappa shape index (κ2) is 8.55. The minimum absolute atomic E-state index is 0.0900. The average molecular weight is 434 g/mol. The van der Waals surface area contributed by atoms with Crippen molar-refractivity contribution >= 4 is 17.8 Å². The predicted octanol–water partition coefficient (Wildman–Crippen LogP) is 4.99. The lowest BCUT2D eigenvalue weighted by Gasteiger charge is -2.11. The quantitative estimate of drug-likeness (QED) is 0.320. The van der Waals surface area contributed by atoms with Crippen LogP contribution in [0.1, 0.15) is 31.8 Å². The molecular formula is C25H19FO6. The highest BCUT2D eigenvalue weighted by atomic mass is 19.1. The summed E-state index contributed by atoms with van der Waals surface area (Å²) in [6.45, 7) is 1.66. The number of benzene rings is 3. The van der Waals surface area contributed by atoms with Gasteiger partial charge in [-0.1, -0.05) is 24.3 Å². The van der Waals surface area contributed by atoms with Crippen LogP contribution in [-0.2, 0) is 0 Å². The summed E-state index contributed by atoms with van der Waals surface area (Å²) in [4.78, 5) is 25.3. The molecule has 32 heavy (non-hydrogen) atoms. The molecule has 1 aliphatic heterocycles. The number of Topliss-reactive ketones (excluding diaryl/α,β-unsaturated/α-hetero) is 1. The minimum Gasteiger partial charge on any atom is -0.493 e. The van der Waals surface area contributed by atoms with Crippen molar-refractivity contribution in [2.45, 2.75) is 6.92 Å². The van der Waals surface area contributed by atoms with Crippen LogP contribution >= 0.6 is 0 Å². The molecule has 0 saturated carbocycles. The zero-order valence-corrected chi connectivity index (χ0v) is 17.6. The molecule has 0 aromatic heterocycles. The largest absolute Gasteiger partial charge is 0.493 e. The van der Waals surface area contributed by atoms with Crippen LogP contribution in [0.4, 0.5) is 4.39 Å². The summed E-state index contributed by atoms with van der Waals surface area (Å²) < 4.78 is 35.8. The fraction of sp³-hybridized carbons (Fsp3) is 0.120. The number of ether oxygens (including phenoxy) is 4. The number of rotatable bonds is 5. The van der Waals surface area contributed by atoms with E-state index in [2.05, 4.69) is 0 Å². The lowest BCUT2D eigenvalue weighted by Crippen LogP contribution is -2.11. The van der Waals surface area contributed by atoms with Crippen molar-refractivity contribution < 1.29 is 32.9 Å². The van der Waals surface area contributed by atoms with Gasteiger partial charge in [0.2, 0.25) is 5.78 Å². The van der Waals surface area contributed by atoms with Gasteiger partial charge in [-0.2, -0.15) is 0 Å². The lowest BCUT2D eigenvalue weighted by atomic mass is 10.1. The summed E-state index contributed by atoms with van der Waals surface area (Å²) in [6, 6.07) is 13.8. The molecule has 0 bridgehead atoms. The van der Waals surface area contributed by atoms with Gasteiger partial charge in [0.05, 0.1) is 25.3 Å². The summed E-state index contributed by atoms with van der Waals surface area (Å²) >= 11 is 0. The van der Waals surface area contributed by atoms with Gasteiger partial charge >= 0.3 is 5.97 Å². The number of hydrogen-bond acceptors (Lipinski definition) is 6. The first-order chi connectivity index (χ1) is 15.4. The minimum atomic E-state index is -0.840. The van der Waals surface area contributed by atoms with E-state index in [-0.39, 0.29) is 28.6 Å². The highest BCUT2D eigenvalue weighted by Gasteiger charge is 2.31. The summed E-state index contributed by atoms with van der Waals surface area (Å²) in [7, 11) is 3.03. The summed E-state index contributed by atoms with van der Waals surface area (Å²) in [6.07, 6.45) is 1.56. The summed E-state index contributed by atoms with van der Waals surface area (Å²) in [5.41, 5.74) is 1.20. The van der Waals surface area contributed by atoms with E-state index in [4.69, 9.17) is 18.9 Å². The Balaban J connectivity index is 1.65. The fourth-order valence-electron chi connectivity index (χ4n) is 3.43. The molecule has 0 N–H and O–H groups in total. The zero-order chi connectivity index (χ0) is 22.8. The number of fused-ring (bicyclic) bond motifs is 1. The Bertz CT molecular complexity index is 1260. The van der Waals surface area contributed by atoms with Crippen LogP contribution in [0.5, 0.6) is 23.0 Å². The molecule has 0 fully saturated rings. The molecule has 0 atom stereocenters. The third kappa shape index (κ3) is 3.69. The third-order valence-electron chi connectivity index (χ3n) is 5.05. The van der Waals surface area contributed by atoms with Gasteiger partial charge in [0, 0.05) is 11.1 Å². The molecule has 0 saturated heterocycles. The number of carbonyl (C=O) groups is 2. The van der Waals surface area contributed by atoms with Crippen LogP contribution in [0.3, 0.4) is 0 Å². The molecule has 0 amide bonds. The van der Waals surface area contributed by atoms with Crippen molar-refractivity contribution in [3.8, 4) is 23.0 Å². The van der Waals surface area contributed by atoms with Crippen LogP contribution in [0.15, 0.2) is 60.4 Å². The Morgan fingerprint density at radius 1 is 0.969 bits per heavy atom. The second-order valence-electron chi connectivity index (χ2n) is 6.96. The molecule has 162 valence electrons. The van der Waals surface area contributed by atoms with E-state index in [1.165, 1.54) is 44.6 Å². The van der Waals surface area contributed by atoms with Crippen molar-refractivity contribution in [2.24, 2.45) is 0 Å². The topological polar surface area (TPSA) is 71.1 Å². The number of methoxy groups -OCH3 is 2. The molecule has 0 unspecified atom stereocenters. The fourth-order valence-corrected chi connectivity index (χ4v) is 3.43.